The van der Waals surface area contributed by atoms with Crippen molar-refractivity contribution in [3.8, 4) is 0 Å². The first kappa shape index (κ1) is 11.5. The lowest BCUT2D eigenvalue weighted by molar-refractivity contribution is 0.612. The molecule has 0 bridgehead atoms. The van der Waals surface area contributed by atoms with Crippen LogP contribution in [0.4, 0.5) is 0 Å². The van der Waals surface area contributed by atoms with Crippen LogP contribution in [0, 0.1) is 5.92 Å². The van der Waals surface area contributed by atoms with Gasteiger partial charge < -0.3 is 0 Å². The van der Waals surface area contributed by atoms with Crippen molar-refractivity contribution in [2.45, 2.75) is 47.0 Å². The fraction of sp³-hybridized carbons (Fsp3) is 0.667. The molecule has 0 N–H and O–H groups in total. The van der Waals surface area contributed by atoms with E-state index in [-0.39, 0.29) is 0 Å². The molecule has 0 aromatic heterocycles. The van der Waals surface area contributed by atoms with Crippen LogP contribution in [-0.4, -0.2) is 0 Å². The van der Waals surface area contributed by atoms with Gasteiger partial charge in [-0.25, -0.2) is 0 Å². The van der Waals surface area contributed by atoms with E-state index >= 15 is 0 Å². The third-order valence-electron chi connectivity index (χ3n) is 2.17. The van der Waals surface area contributed by atoms with Gasteiger partial charge >= 0.3 is 0 Å². The maximum Gasteiger partial charge on any atom is -0.0194 e. The topological polar surface area (TPSA) is 0 Å². The molecule has 1 atom stereocenters. The second-order valence-electron chi connectivity index (χ2n) is 3.29. The van der Waals surface area contributed by atoms with Gasteiger partial charge in [-0.2, -0.15) is 0 Å². The van der Waals surface area contributed by atoms with Crippen LogP contribution >= 0.6 is 0 Å². The first-order valence-corrected chi connectivity index (χ1v) is 5.08. The van der Waals surface area contributed by atoms with Gasteiger partial charge in [-0.3, -0.25) is 0 Å². The number of allylic oxidation sites excluding steroid dienone is 4. The minimum Gasteiger partial charge on any atom is -0.0845 e. The lowest BCUT2D eigenvalue weighted by Crippen LogP contribution is -1.95. The molecule has 0 heteroatoms. The summed E-state index contributed by atoms with van der Waals surface area (Å²) in [5.41, 5.74) is 1.48. The molecule has 0 heterocycles. The van der Waals surface area contributed by atoms with E-state index in [4.69, 9.17) is 0 Å². The molecule has 0 saturated heterocycles. The van der Waals surface area contributed by atoms with Crippen molar-refractivity contribution in [3.63, 3.8) is 0 Å². The van der Waals surface area contributed by atoms with Crippen molar-refractivity contribution in [1.29, 1.82) is 0 Å². The quantitative estimate of drug-likeness (QED) is 0.533. The summed E-state index contributed by atoms with van der Waals surface area (Å²) in [6, 6.07) is 0. The Hall–Kier alpha value is -0.520. The highest BCUT2D eigenvalue weighted by Gasteiger charge is 2.02. The van der Waals surface area contributed by atoms with Crippen LogP contribution in [0.3, 0.4) is 0 Å². The van der Waals surface area contributed by atoms with Gasteiger partial charge in [0, 0.05) is 0 Å². The molecule has 0 amide bonds. The molecule has 0 saturated carbocycles. The van der Waals surface area contributed by atoms with Gasteiger partial charge in [0.2, 0.25) is 0 Å². The molecule has 12 heavy (non-hydrogen) atoms. The number of hydrogen-bond donors (Lipinski definition) is 0. The fourth-order valence-corrected chi connectivity index (χ4v) is 1.40. The Morgan fingerprint density at radius 1 is 1.33 bits per heavy atom. The first-order valence-electron chi connectivity index (χ1n) is 5.08. The molecule has 70 valence electrons. The zero-order valence-corrected chi connectivity index (χ0v) is 8.93. The SMILES string of the molecule is CC=C(C=CCC)C(C)CCC. The van der Waals surface area contributed by atoms with E-state index in [1.54, 1.807) is 0 Å². The van der Waals surface area contributed by atoms with E-state index in [0.717, 1.165) is 12.3 Å². The minimum absolute atomic E-state index is 0.725. The molecule has 0 rings (SSSR count). The second-order valence-corrected chi connectivity index (χ2v) is 3.29. The third-order valence-corrected chi connectivity index (χ3v) is 2.17. The summed E-state index contributed by atoms with van der Waals surface area (Å²) in [5.74, 6) is 0.725. The maximum atomic E-state index is 2.30. The van der Waals surface area contributed by atoms with Gasteiger partial charge in [-0.1, -0.05) is 45.4 Å². The van der Waals surface area contributed by atoms with Crippen LogP contribution in [0.25, 0.3) is 0 Å². The van der Waals surface area contributed by atoms with Crippen molar-refractivity contribution in [2.24, 2.45) is 5.92 Å². The molecule has 1 unspecified atom stereocenters. The monoisotopic (exact) mass is 166 g/mol. The average molecular weight is 166 g/mol. The molecular formula is C12H22. The van der Waals surface area contributed by atoms with Gasteiger partial charge in [0.15, 0.2) is 0 Å². The highest BCUT2D eigenvalue weighted by molar-refractivity contribution is 5.20. The summed E-state index contributed by atoms with van der Waals surface area (Å²) in [5, 5.41) is 0. The molecule has 0 nitrogen and oxygen atoms in total. The lowest BCUT2D eigenvalue weighted by Gasteiger charge is -2.10. The van der Waals surface area contributed by atoms with Gasteiger partial charge in [0.05, 0.1) is 0 Å². The molecule has 0 radical (unpaired) electrons. The first-order chi connectivity index (χ1) is 5.76. The Kier molecular flexibility index (Phi) is 6.84. The van der Waals surface area contributed by atoms with Crippen molar-refractivity contribution < 1.29 is 0 Å². The second kappa shape index (κ2) is 7.15. The summed E-state index contributed by atoms with van der Waals surface area (Å²) in [4.78, 5) is 0. The predicted molar refractivity (Wildman–Crippen MR) is 57.3 cm³/mol. The van der Waals surface area contributed by atoms with Crippen LogP contribution in [-0.2, 0) is 0 Å². The fourth-order valence-electron chi connectivity index (χ4n) is 1.40. The zero-order valence-electron chi connectivity index (χ0n) is 8.93. The highest BCUT2D eigenvalue weighted by Crippen LogP contribution is 2.17. The van der Waals surface area contributed by atoms with Crippen LogP contribution < -0.4 is 0 Å². The summed E-state index contributed by atoms with van der Waals surface area (Å²) in [6.45, 7) is 8.85. The highest BCUT2D eigenvalue weighted by atomic mass is 14.1. The van der Waals surface area contributed by atoms with Crippen LogP contribution in [0.15, 0.2) is 23.8 Å². The Balaban J connectivity index is 4.06. The third kappa shape index (κ3) is 4.38. The van der Waals surface area contributed by atoms with E-state index in [1.807, 2.05) is 0 Å². The molecule has 0 aliphatic carbocycles. The van der Waals surface area contributed by atoms with E-state index < -0.39 is 0 Å². The van der Waals surface area contributed by atoms with Crippen LogP contribution in [0.5, 0.6) is 0 Å². The Morgan fingerprint density at radius 2 is 2.00 bits per heavy atom. The Labute approximate surface area is 77.4 Å². The normalized spacial score (nSPS) is 15.5. The van der Waals surface area contributed by atoms with E-state index in [2.05, 4.69) is 45.9 Å². The number of hydrogen-bond acceptors (Lipinski definition) is 0. The average Bonchev–Trinajstić information content (AvgIpc) is 2.06. The zero-order chi connectivity index (χ0) is 9.40. The van der Waals surface area contributed by atoms with Crippen molar-refractivity contribution >= 4 is 0 Å². The molecular weight excluding hydrogens is 144 g/mol. The molecule has 0 aliphatic heterocycles. The largest absolute Gasteiger partial charge is 0.0845 e. The lowest BCUT2D eigenvalue weighted by atomic mass is 9.95. The summed E-state index contributed by atoms with van der Waals surface area (Å²) in [7, 11) is 0. The van der Waals surface area contributed by atoms with Gasteiger partial charge in [0.1, 0.15) is 0 Å². The number of rotatable bonds is 5. The Morgan fingerprint density at radius 3 is 2.42 bits per heavy atom. The van der Waals surface area contributed by atoms with E-state index in [9.17, 15) is 0 Å². The van der Waals surface area contributed by atoms with Crippen molar-refractivity contribution in [3.05, 3.63) is 23.8 Å². The van der Waals surface area contributed by atoms with Gasteiger partial charge in [-0.15, -0.1) is 0 Å². The predicted octanol–water partition coefficient (Wildman–Crippen LogP) is 4.34. The van der Waals surface area contributed by atoms with Crippen LogP contribution in [0.1, 0.15) is 47.0 Å². The molecule has 0 fully saturated rings. The summed E-state index contributed by atoms with van der Waals surface area (Å²) in [6.07, 6.45) is 10.4. The minimum atomic E-state index is 0.725. The molecule has 0 spiro atoms. The maximum absolute atomic E-state index is 2.30. The smallest absolute Gasteiger partial charge is 0.0194 e. The standard InChI is InChI=1S/C12H22/c1-5-8-10-12(7-3)11(4)9-6-2/h7-8,10-11H,5-6,9H2,1-4H3. The molecule has 0 aromatic carbocycles. The van der Waals surface area contributed by atoms with Crippen molar-refractivity contribution in [2.75, 3.05) is 0 Å². The van der Waals surface area contributed by atoms with E-state index in [1.165, 1.54) is 18.4 Å². The Bertz CT molecular complexity index is 151. The van der Waals surface area contributed by atoms with Gasteiger partial charge in [0.25, 0.3) is 0 Å². The van der Waals surface area contributed by atoms with E-state index in [0.29, 0.717) is 0 Å². The summed E-state index contributed by atoms with van der Waals surface area (Å²) < 4.78 is 0. The molecule has 0 aliphatic rings. The van der Waals surface area contributed by atoms with Crippen LogP contribution in [0.2, 0.25) is 0 Å². The van der Waals surface area contributed by atoms with Crippen molar-refractivity contribution in [1.82, 2.24) is 0 Å². The summed E-state index contributed by atoms with van der Waals surface area (Å²) >= 11 is 0. The molecule has 0 aromatic rings. The van der Waals surface area contributed by atoms with Gasteiger partial charge in [-0.05, 0) is 31.3 Å².